The molecule has 0 amide bonds. The number of benzene rings is 1. The molecule has 4 nitrogen and oxygen atoms in total. The summed E-state index contributed by atoms with van der Waals surface area (Å²) < 4.78 is 11.1. The number of nitrogens with one attached hydrogen (secondary N) is 1. The van der Waals surface area contributed by atoms with Crippen LogP contribution in [0.25, 0.3) is 0 Å². The van der Waals surface area contributed by atoms with Gasteiger partial charge in [0.15, 0.2) is 11.5 Å². The zero-order valence-electron chi connectivity index (χ0n) is 14.0. The van der Waals surface area contributed by atoms with E-state index in [4.69, 9.17) is 21.1 Å². The topological polar surface area (TPSA) is 33.7 Å². The van der Waals surface area contributed by atoms with E-state index < -0.39 is 0 Å². The average Bonchev–Trinajstić information content (AvgIpc) is 2.53. The molecule has 1 heterocycles. The molecule has 1 fully saturated rings. The van der Waals surface area contributed by atoms with Gasteiger partial charge in [-0.15, -0.1) is 0 Å². The molecular weight excluding hydrogens is 300 g/mol. The second kappa shape index (κ2) is 8.04. The number of halogens is 1. The van der Waals surface area contributed by atoms with Gasteiger partial charge < -0.3 is 19.7 Å². The summed E-state index contributed by atoms with van der Waals surface area (Å²) in [5, 5.41) is 4.20. The highest BCUT2D eigenvalue weighted by Gasteiger charge is 2.21. The Morgan fingerprint density at radius 2 is 1.91 bits per heavy atom. The number of methoxy groups -OCH3 is 2. The van der Waals surface area contributed by atoms with Gasteiger partial charge in [0.2, 0.25) is 0 Å². The summed E-state index contributed by atoms with van der Waals surface area (Å²) in [6.45, 7) is 9.56. The fourth-order valence-electron chi connectivity index (χ4n) is 2.92. The third kappa shape index (κ3) is 3.86. The van der Waals surface area contributed by atoms with Crippen molar-refractivity contribution in [2.45, 2.75) is 26.2 Å². The lowest BCUT2D eigenvalue weighted by molar-refractivity contribution is 0.242. The van der Waals surface area contributed by atoms with Gasteiger partial charge in [0.25, 0.3) is 0 Å². The van der Waals surface area contributed by atoms with Crippen LogP contribution in [0.3, 0.4) is 0 Å². The molecule has 1 aromatic rings. The van der Waals surface area contributed by atoms with Crippen LogP contribution in [0.4, 0.5) is 0 Å². The second-order valence-corrected chi connectivity index (χ2v) is 6.37. The Kier molecular flexibility index (Phi) is 6.36. The molecular formula is C17H27ClN2O2. The van der Waals surface area contributed by atoms with Crippen LogP contribution < -0.4 is 14.8 Å². The van der Waals surface area contributed by atoms with Crippen LogP contribution in [0.15, 0.2) is 6.07 Å². The van der Waals surface area contributed by atoms with E-state index in [0.717, 1.165) is 66.8 Å². The minimum absolute atomic E-state index is 0.352. The highest BCUT2D eigenvalue weighted by Crippen LogP contribution is 2.41. The summed E-state index contributed by atoms with van der Waals surface area (Å²) in [6.07, 6.45) is 0.874. The van der Waals surface area contributed by atoms with Gasteiger partial charge in [-0.25, -0.2) is 0 Å². The number of rotatable bonds is 6. The lowest BCUT2D eigenvalue weighted by Gasteiger charge is -2.28. The lowest BCUT2D eigenvalue weighted by Crippen LogP contribution is -2.44. The van der Waals surface area contributed by atoms with E-state index in [1.54, 1.807) is 14.2 Å². The van der Waals surface area contributed by atoms with Crippen molar-refractivity contribution in [3.8, 4) is 11.5 Å². The Balaban J connectivity index is 2.27. The van der Waals surface area contributed by atoms with Gasteiger partial charge in [0, 0.05) is 38.3 Å². The molecule has 5 heteroatoms. The normalized spacial score (nSPS) is 16.1. The molecule has 0 unspecified atom stereocenters. The quantitative estimate of drug-likeness (QED) is 0.871. The summed E-state index contributed by atoms with van der Waals surface area (Å²) >= 11 is 6.67. The van der Waals surface area contributed by atoms with Crippen LogP contribution in [0, 0.1) is 0 Å². The number of hydrogen-bond donors (Lipinski definition) is 1. The van der Waals surface area contributed by atoms with Gasteiger partial charge >= 0.3 is 0 Å². The monoisotopic (exact) mass is 326 g/mol. The average molecular weight is 327 g/mol. The van der Waals surface area contributed by atoms with Crippen LogP contribution in [0.1, 0.15) is 30.9 Å². The van der Waals surface area contributed by atoms with Crippen LogP contribution in [0.5, 0.6) is 11.5 Å². The van der Waals surface area contributed by atoms with E-state index in [0.29, 0.717) is 5.92 Å². The number of nitrogens with zero attached hydrogens (tertiary/aromatic N) is 1. The molecule has 1 saturated heterocycles. The van der Waals surface area contributed by atoms with Gasteiger partial charge in [-0.05, 0) is 24.0 Å². The summed E-state index contributed by atoms with van der Waals surface area (Å²) in [5.41, 5.74) is 2.18. The number of piperazine rings is 1. The van der Waals surface area contributed by atoms with Gasteiger partial charge in [-0.2, -0.15) is 0 Å². The van der Waals surface area contributed by atoms with Crippen molar-refractivity contribution >= 4 is 11.6 Å². The van der Waals surface area contributed by atoms with Crippen molar-refractivity contribution in [1.82, 2.24) is 10.2 Å². The van der Waals surface area contributed by atoms with E-state index in [1.165, 1.54) is 0 Å². The van der Waals surface area contributed by atoms with Crippen LogP contribution in [0.2, 0.25) is 5.02 Å². The Morgan fingerprint density at radius 3 is 2.45 bits per heavy atom. The highest BCUT2D eigenvalue weighted by molar-refractivity contribution is 6.32. The van der Waals surface area contributed by atoms with Gasteiger partial charge in [-0.1, -0.05) is 25.4 Å². The highest BCUT2D eigenvalue weighted by atomic mass is 35.5. The summed E-state index contributed by atoms with van der Waals surface area (Å²) in [4.78, 5) is 2.46. The molecule has 0 radical (unpaired) electrons. The van der Waals surface area contributed by atoms with E-state index in [-0.39, 0.29) is 0 Å². The standard InChI is InChI=1S/C17H27ClN2O2/c1-12(2)14-11-15(21-3)17(22-4)13(16(14)18)5-8-20-9-6-19-7-10-20/h11-12,19H,5-10H2,1-4H3. The molecule has 1 aliphatic rings. The first kappa shape index (κ1) is 17.4. The molecule has 0 saturated carbocycles. The van der Waals surface area contributed by atoms with Crippen molar-refractivity contribution in [1.29, 1.82) is 0 Å². The molecule has 0 atom stereocenters. The van der Waals surface area contributed by atoms with Gasteiger partial charge in [-0.3, -0.25) is 0 Å². The molecule has 1 aromatic carbocycles. The molecule has 1 N–H and O–H groups in total. The second-order valence-electron chi connectivity index (χ2n) is 5.99. The van der Waals surface area contributed by atoms with Gasteiger partial charge in [0.05, 0.1) is 19.2 Å². The zero-order chi connectivity index (χ0) is 16.1. The Morgan fingerprint density at radius 1 is 1.23 bits per heavy atom. The summed E-state index contributed by atoms with van der Waals surface area (Å²) in [7, 11) is 3.35. The Bertz CT molecular complexity index is 500. The van der Waals surface area contributed by atoms with E-state index in [1.807, 2.05) is 6.07 Å². The van der Waals surface area contributed by atoms with Crippen molar-refractivity contribution < 1.29 is 9.47 Å². The maximum Gasteiger partial charge on any atom is 0.165 e. The van der Waals surface area contributed by atoms with Crippen molar-refractivity contribution in [2.24, 2.45) is 0 Å². The maximum absolute atomic E-state index is 6.67. The third-order valence-corrected chi connectivity index (χ3v) is 4.68. The zero-order valence-corrected chi connectivity index (χ0v) is 14.8. The molecule has 2 rings (SSSR count). The summed E-state index contributed by atoms with van der Waals surface area (Å²) in [6, 6.07) is 2.00. The van der Waals surface area contributed by atoms with E-state index in [9.17, 15) is 0 Å². The molecule has 0 spiro atoms. The predicted octanol–water partition coefficient (Wildman–Crippen LogP) is 2.93. The van der Waals surface area contributed by atoms with Crippen molar-refractivity contribution in [3.63, 3.8) is 0 Å². The molecule has 1 aliphatic heterocycles. The number of ether oxygens (including phenoxy) is 2. The van der Waals surface area contributed by atoms with E-state index >= 15 is 0 Å². The minimum Gasteiger partial charge on any atom is -0.493 e. The minimum atomic E-state index is 0.352. The predicted molar refractivity (Wildman–Crippen MR) is 91.7 cm³/mol. The largest absolute Gasteiger partial charge is 0.493 e. The summed E-state index contributed by atoms with van der Waals surface area (Å²) in [5.74, 6) is 1.89. The van der Waals surface area contributed by atoms with E-state index in [2.05, 4.69) is 24.1 Å². The fourth-order valence-corrected chi connectivity index (χ4v) is 3.37. The fraction of sp³-hybridized carbons (Fsp3) is 0.647. The molecule has 0 bridgehead atoms. The van der Waals surface area contributed by atoms with Crippen LogP contribution >= 0.6 is 11.6 Å². The molecule has 0 aliphatic carbocycles. The first-order chi connectivity index (χ1) is 10.6. The van der Waals surface area contributed by atoms with Gasteiger partial charge in [0.1, 0.15) is 0 Å². The van der Waals surface area contributed by atoms with Crippen molar-refractivity contribution in [2.75, 3.05) is 46.9 Å². The molecule has 124 valence electrons. The van der Waals surface area contributed by atoms with Crippen LogP contribution in [-0.4, -0.2) is 51.8 Å². The molecule has 0 aromatic heterocycles. The first-order valence-corrected chi connectivity index (χ1v) is 8.32. The maximum atomic E-state index is 6.67. The third-order valence-electron chi connectivity index (χ3n) is 4.24. The Labute approximate surface area is 138 Å². The first-order valence-electron chi connectivity index (χ1n) is 7.94. The van der Waals surface area contributed by atoms with Crippen LogP contribution in [-0.2, 0) is 6.42 Å². The number of hydrogen-bond acceptors (Lipinski definition) is 4. The SMILES string of the molecule is COc1cc(C(C)C)c(Cl)c(CCN2CCNCC2)c1OC. The lowest BCUT2D eigenvalue weighted by atomic mass is 9.97. The van der Waals surface area contributed by atoms with Crippen molar-refractivity contribution in [3.05, 3.63) is 22.2 Å². The Hall–Kier alpha value is -0.970. The molecule has 22 heavy (non-hydrogen) atoms. The smallest absolute Gasteiger partial charge is 0.165 e.